The van der Waals surface area contributed by atoms with Gasteiger partial charge in [0.2, 0.25) is 5.43 Å². The number of hydrogen-bond acceptors (Lipinski definition) is 9. The number of anilines is 1. The van der Waals surface area contributed by atoms with Crippen molar-refractivity contribution in [2.45, 2.75) is 57.5 Å². The van der Waals surface area contributed by atoms with Crippen LogP contribution >= 0.6 is 0 Å². The predicted octanol–water partition coefficient (Wildman–Crippen LogP) is 2.60. The molecule has 3 unspecified atom stereocenters. The number of nitrogens with zero attached hydrogens (tertiary/aromatic N) is 7. The molecule has 1 aliphatic carbocycles. The Morgan fingerprint density at radius 2 is 1.91 bits per heavy atom. The van der Waals surface area contributed by atoms with E-state index in [1.165, 1.54) is 30.0 Å². The summed E-state index contributed by atoms with van der Waals surface area (Å²) in [5, 5.41) is 3.83. The summed E-state index contributed by atoms with van der Waals surface area (Å²) in [5.41, 5.74) is 8.24. The molecule has 1 aromatic carbocycles. The van der Waals surface area contributed by atoms with Gasteiger partial charge in [-0.15, -0.1) is 0 Å². The number of fused-ring (bicyclic) bond motifs is 1. The number of hydrogen-bond donors (Lipinski definition) is 1. The highest BCUT2D eigenvalue weighted by atomic mass is 19.1. The Labute approximate surface area is 250 Å². The van der Waals surface area contributed by atoms with Crippen LogP contribution in [0.1, 0.15) is 54.4 Å². The van der Waals surface area contributed by atoms with Crippen LogP contribution in [0.5, 0.6) is 0 Å². The fraction of sp³-hybridized carbons (Fsp3) is 0.517. The van der Waals surface area contributed by atoms with E-state index in [0.717, 1.165) is 32.5 Å². The summed E-state index contributed by atoms with van der Waals surface area (Å²) in [5.74, 6) is -1.45. The van der Waals surface area contributed by atoms with Gasteiger partial charge in [0.1, 0.15) is 30.3 Å². The molecule has 3 aromatic rings. The van der Waals surface area contributed by atoms with Gasteiger partial charge in [0.15, 0.2) is 0 Å². The minimum Gasteiger partial charge on any atom is -0.459 e. The van der Waals surface area contributed by atoms with Crippen LogP contribution in [-0.4, -0.2) is 76.5 Å². The number of esters is 1. The van der Waals surface area contributed by atoms with Crippen molar-refractivity contribution in [3.05, 3.63) is 83.0 Å². The third-order valence-electron chi connectivity index (χ3n) is 8.66. The van der Waals surface area contributed by atoms with Crippen LogP contribution < -0.4 is 21.6 Å². The number of likely N-dealkylation sites (N-methyl/N-ethyl adjacent to an activating group) is 1. The zero-order chi connectivity index (χ0) is 31.1. The predicted molar refractivity (Wildman–Crippen MR) is 159 cm³/mol. The molecule has 0 spiro atoms. The summed E-state index contributed by atoms with van der Waals surface area (Å²) in [6.45, 7) is 7.18. The molecule has 3 aliphatic rings. The third-order valence-corrected chi connectivity index (χ3v) is 8.66. The minimum atomic E-state index is -0.921. The molecule has 14 nitrogen and oxygen atoms in total. The van der Waals surface area contributed by atoms with Crippen molar-refractivity contribution >= 4 is 22.6 Å². The first-order valence-electron chi connectivity index (χ1n) is 14.7. The van der Waals surface area contributed by atoms with E-state index in [4.69, 9.17) is 15.0 Å². The largest absolute Gasteiger partial charge is 0.459 e. The molecule has 232 valence electrons. The molecule has 1 saturated carbocycles. The maximum absolute atomic E-state index is 15.4. The van der Waals surface area contributed by atoms with Crippen LogP contribution in [0.4, 0.5) is 10.1 Å². The average Bonchev–Trinajstić information content (AvgIpc) is 3.78. The minimum absolute atomic E-state index is 0.0762. The Kier molecular flexibility index (Phi) is 8.01. The molecule has 6 rings (SSSR count). The van der Waals surface area contributed by atoms with Gasteiger partial charge in [0.25, 0.3) is 5.56 Å². The second-order valence-electron chi connectivity index (χ2n) is 11.5. The number of azide groups is 1. The molecule has 2 aromatic heterocycles. The standard InChI is InChI=1S/C29H33FN8O6/c1-3-35-6-8-36(9-7-35)23-12-22-18(10-20(23)30)26(39)19(14-37(22)17-4-5-17)28(41)43-15-24-21(33-34-31)11-25(44-24)38-13-16(2)27(40)32-29(38)42/h10,12-14,17,21,24-25H,3-9,11,15H2,1-2H3,(H,32,40,42). The lowest BCUT2D eigenvalue weighted by Crippen LogP contribution is -2.46. The third kappa shape index (κ3) is 5.61. The summed E-state index contributed by atoms with van der Waals surface area (Å²) in [4.78, 5) is 60.3. The molecule has 0 radical (unpaired) electrons. The van der Waals surface area contributed by atoms with E-state index >= 15 is 4.39 Å². The smallest absolute Gasteiger partial charge is 0.343 e. The maximum Gasteiger partial charge on any atom is 0.343 e. The monoisotopic (exact) mass is 608 g/mol. The quantitative estimate of drug-likeness (QED) is 0.176. The van der Waals surface area contributed by atoms with Crippen LogP contribution in [0, 0.1) is 12.7 Å². The number of aryl methyl sites for hydroxylation is 1. The van der Waals surface area contributed by atoms with Crippen molar-refractivity contribution in [2.24, 2.45) is 5.11 Å². The fourth-order valence-corrected chi connectivity index (χ4v) is 5.97. The number of halogens is 1. The molecule has 2 aliphatic heterocycles. The number of aromatic nitrogens is 3. The van der Waals surface area contributed by atoms with Crippen LogP contribution in [0.2, 0.25) is 0 Å². The van der Waals surface area contributed by atoms with E-state index in [9.17, 15) is 19.2 Å². The number of pyridine rings is 1. The zero-order valence-electron chi connectivity index (χ0n) is 24.4. The number of aromatic amines is 1. The fourth-order valence-electron chi connectivity index (χ4n) is 5.97. The summed E-state index contributed by atoms with van der Waals surface area (Å²) in [7, 11) is 0. The van der Waals surface area contributed by atoms with Gasteiger partial charge in [-0.1, -0.05) is 12.0 Å². The molecule has 2 saturated heterocycles. The first-order valence-corrected chi connectivity index (χ1v) is 14.7. The van der Waals surface area contributed by atoms with Gasteiger partial charge in [-0.2, -0.15) is 0 Å². The van der Waals surface area contributed by atoms with E-state index in [0.29, 0.717) is 24.3 Å². The molecule has 3 atom stereocenters. The van der Waals surface area contributed by atoms with Crippen molar-refractivity contribution in [1.29, 1.82) is 0 Å². The van der Waals surface area contributed by atoms with E-state index in [1.54, 1.807) is 6.07 Å². The van der Waals surface area contributed by atoms with Gasteiger partial charge in [-0.05, 0) is 44.0 Å². The molecule has 3 fully saturated rings. The molecule has 15 heteroatoms. The van der Waals surface area contributed by atoms with Crippen molar-refractivity contribution in [3.63, 3.8) is 0 Å². The highest BCUT2D eigenvalue weighted by molar-refractivity contribution is 5.94. The summed E-state index contributed by atoms with van der Waals surface area (Å²) >= 11 is 0. The van der Waals surface area contributed by atoms with Crippen molar-refractivity contribution in [2.75, 3.05) is 44.2 Å². The first-order chi connectivity index (χ1) is 21.2. The molecule has 0 bridgehead atoms. The van der Waals surface area contributed by atoms with E-state index in [-0.39, 0.29) is 35.6 Å². The van der Waals surface area contributed by atoms with Gasteiger partial charge < -0.3 is 23.8 Å². The normalized spacial score (nSPS) is 22.2. The van der Waals surface area contributed by atoms with Crippen molar-refractivity contribution in [3.8, 4) is 0 Å². The lowest BCUT2D eigenvalue weighted by Gasteiger charge is -2.35. The number of piperazine rings is 1. The van der Waals surface area contributed by atoms with Gasteiger partial charge in [-0.3, -0.25) is 19.1 Å². The SMILES string of the molecule is CCN1CCN(c2cc3c(cc2F)c(=O)c(C(=O)OCC2OC(n4cc(C)c(=O)[nH]c4=O)CC2N=[N+]=[N-])cn3C2CC2)CC1. The summed E-state index contributed by atoms with van der Waals surface area (Å²) < 4.78 is 29.9. The highest BCUT2D eigenvalue weighted by Crippen LogP contribution is 2.38. The number of rotatable bonds is 8. The average molecular weight is 609 g/mol. The zero-order valence-corrected chi connectivity index (χ0v) is 24.4. The molecule has 44 heavy (non-hydrogen) atoms. The molecular weight excluding hydrogens is 575 g/mol. The van der Waals surface area contributed by atoms with Crippen molar-refractivity contribution in [1.82, 2.24) is 19.0 Å². The number of ether oxygens (including phenoxy) is 2. The Balaban J connectivity index is 1.25. The Hall–Kier alpha value is -4.46. The number of benzene rings is 1. The van der Waals surface area contributed by atoms with Gasteiger partial charge in [-0.25, -0.2) is 14.0 Å². The van der Waals surface area contributed by atoms with Gasteiger partial charge >= 0.3 is 11.7 Å². The lowest BCUT2D eigenvalue weighted by atomic mass is 10.1. The van der Waals surface area contributed by atoms with E-state index in [1.807, 2.05) is 9.47 Å². The lowest BCUT2D eigenvalue weighted by molar-refractivity contribution is -0.0363. The van der Waals surface area contributed by atoms with Crippen LogP contribution in [-0.2, 0) is 9.47 Å². The first kappa shape index (κ1) is 29.6. The molecule has 1 N–H and O–H groups in total. The number of carbonyl (C=O) groups excluding carboxylic acids is 1. The van der Waals surface area contributed by atoms with Crippen LogP contribution in [0.25, 0.3) is 21.3 Å². The second-order valence-corrected chi connectivity index (χ2v) is 11.5. The second kappa shape index (κ2) is 11.9. The van der Waals surface area contributed by atoms with E-state index < -0.39 is 46.8 Å². The van der Waals surface area contributed by atoms with Crippen LogP contribution in [0.15, 0.2) is 44.0 Å². The van der Waals surface area contributed by atoms with Crippen LogP contribution in [0.3, 0.4) is 0 Å². The van der Waals surface area contributed by atoms with Gasteiger partial charge in [0, 0.05) is 66.9 Å². The Morgan fingerprint density at radius 1 is 1.16 bits per heavy atom. The number of H-pyrrole nitrogens is 1. The van der Waals surface area contributed by atoms with Crippen molar-refractivity contribution < 1.29 is 18.7 Å². The summed E-state index contributed by atoms with van der Waals surface area (Å²) in [6.07, 6.45) is 2.85. The Morgan fingerprint density at radius 3 is 2.59 bits per heavy atom. The topological polar surface area (TPSA) is 168 Å². The molecule has 4 heterocycles. The van der Waals surface area contributed by atoms with E-state index in [2.05, 4.69) is 26.8 Å². The maximum atomic E-state index is 15.4. The number of nitrogens with one attached hydrogen (secondary N) is 1. The summed E-state index contributed by atoms with van der Waals surface area (Å²) in [6, 6.07) is 2.20. The number of carbonyl (C=O) groups is 1. The highest BCUT2D eigenvalue weighted by Gasteiger charge is 2.38. The molecular formula is C29H33FN8O6. The Bertz CT molecular complexity index is 1830. The molecule has 0 amide bonds. The van der Waals surface area contributed by atoms with Gasteiger partial charge in [0.05, 0.1) is 17.2 Å².